The minimum Gasteiger partial charge on any atom is -0.387 e. The van der Waals surface area contributed by atoms with Gasteiger partial charge in [-0.25, -0.2) is 0 Å². The molecule has 94 valence electrons. The van der Waals surface area contributed by atoms with Crippen molar-refractivity contribution >= 4 is 10.2 Å². The maximum atomic E-state index is 12.1. The van der Waals surface area contributed by atoms with Crippen LogP contribution in [0.15, 0.2) is 0 Å². The molecule has 2 rings (SSSR count). The van der Waals surface area contributed by atoms with Crippen LogP contribution in [0.1, 0.15) is 13.3 Å². The van der Waals surface area contributed by atoms with Crippen LogP contribution in [0.4, 0.5) is 0 Å². The van der Waals surface area contributed by atoms with E-state index in [1.54, 1.807) is 0 Å². The summed E-state index contributed by atoms with van der Waals surface area (Å²) in [6.07, 6.45) is 0.585. The van der Waals surface area contributed by atoms with Crippen molar-refractivity contribution in [3.8, 4) is 0 Å². The van der Waals surface area contributed by atoms with Crippen LogP contribution < -0.4 is 0 Å². The van der Waals surface area contributed by atoms with Crippen LogP contribution in [0.25, 0.3) is 0 Å². The zero-order chi connectivity index (χ0) is 11.8. The Labute approximate surface area is 96.0 Å². The topological polar surface area (TPSA) is 70.1 Å². The minimum absolute atomic E-state index is 0.211. The first-order valence-electron chi connectivity index (χ1n) is 5.53. The lowest BCUT2D eigenvalue weighted by molar-refractivity contribution is -0.0646. The van der Waals surface area contributed by atoms with Crippen molar-refractivity contribution in [1.29, 1.82) is 0 Å². The van der Waals surface area contributed by atoms with E-state index in [0.717, 1.165) is 0 Å². The van der Waals surface area contributed by atoms with Crippen LogP contribution in [0.5, 0.6) is 0 Å². The Bertz CT molecular complexity index is 345. The van der Waals surface area contributed by atoms with Gasteiger partial charge in [0.05, 0.1) is 18.8 Å². The fourth-order valence-corrected chi connectivity index (χ4v) is 3.68. The van der Waals surface area contributed by atoms with E-state index < -0.39 is 15.8 Å². The lowest BCUT2D eigenvalue weighted by atomic mass is 9.94. The Morgan fingerprint density at radius 2 is 1.81 bits per heavy atom. The van der Waals surface area contributed by atoms with Crippen molar-refractivity contribution in [1.82, 2.24) is 8.61 Å². The maximum Gasteiger partial charge on any atom is 0.282 e. The third kappa shape index (κ3) is 2.10. The Morgan fingerprint density at radius 1 is 1.25 bits per heavy atom. The van der Waals surface area contributed by atoms with Crippen LogP contribution in [0.2, 0.25) is 0 Å². The molecule has 0 bridgehead atoms. The van der Waals surface area contributed by atoms with Crippen LogP contribution in [0, 0.1) is 0 Å². The van der Waals surface area contributed by atoms with Gasteiger partial charge in [-0.2, -0.15) is 17.0 Å². The van der Waals surface area contributed by atoms with Crippen molar-refractivity contribution < 1.29 is 18.3 Å². The van der Waals surface area contributed by atoms with Crippen LogP contribution in [-0.4, -0.2) is 67.1 Å². The number of morpholine rings is 1. The number of ether oxygens (including phenoxy) is 1. The van der Waals surface area contributed by atoms with Crippen molar-refractivity contribution in [2.24, 2.45) is 0 Å². The highest BCUT2D eigenvalue weighted by Gasteiger charge is 2.47. The summed E-state index contributed by atoms with van der Waals surface area (Å²) >= 11 is 0. The fourth-order valence-electron chi connectivity index (χ4n) is 1.94. The summed E-state index contributed by atoms with van der Waals surface area (Å²) in [6.45, 7) is 3.99. The molecule has 0 aromatic heterocycles. The van der Waals surface area contributed by atoms with Gasteiger partial charge in [-0.15, -0.1) is 0 Å². The van der Waals surface area contributed by atoms with E-state index >= 15 is 0 Å². The average molecular weight is 250 g/mol. The van der Waals surface area contributed by atoms with Crippen molar-refractivity contribution in [2.75, 3.05) is 39.4 Å². The minimum atomic E-state index is -3.38. The molecule has 0 aromatic carbocycles. The van der Waals surface area contributed by atoms with Crippen LogP contribution in [-0.2, 0) is 14.9 Å². The molecule has 2 saturated heterocycles. The highest BCUT2D eigenvalue weighted by Crippen LogP contribution is 2.28. The smallest absolute Gasteiger partial charge is 0.282 e. The van der Waals surface area contributed by atoms with E-state index in [2.05, 4.69) is 0 Å². The normalized spacial score (nSPS) is 27.6. The summed E-state index contributed by atoms with van der Waals surface area (Å²) in [5, 5.41) is 9.80. The highest BCUT2D eigenvalue weighted by atomic mass is 32.2. The maximum absolute atomic E-state index is 12.1. The van der Waals surface area contributed by atoms with Gasteiger partial charge in [0.25, 0.3) is 10.2 Å². The zero-order valence-corrected chi connectivity index (χ0v) is 10.2. The molecule has 0 atom stereocenters. The number of hydrogen-bond donors (Lipinski definition) is 1. The number of β-amino-alcohol motifs (C(OH)–C–C–N with tert-alkyl or cyclic N) is 1. The van der Waals surface area contributed by atoms with Gasteiger partial charge in [-0.05, 0) is 6.42 Å². The first kappa shape index (κ1) is 12.3. The van der Waals surface area contributed by atoms with Gasteiger partial charge in [0.2, 0.25) is 0 Å². The summed E-state index contributed by atoms with van der Waals surface area (Å²) in [5.41, 5.74) is -0.820. The van der Waals surface area contributed by atoms with Crippen LogP contribution >= 0.6 is 0 Å². The molecule has 1 N–H and O–H groups in total. The monoisotopic (exact) mass is 250 g/mol. The SMILES string of the molecule is CCC1(O)CN(S(=O)(=O)N2CCOCC2)C1. The van der Waals surface area contributed by atoms with Gasteiger partial charge < -0.3 is 9.84 Å². The van der Waals surface area contributed by atoms with Gasteiger partial charge in [-0.1, -0.05) is 6.92 Å². The lowest BCUT2D eigenvalue weighted by Crippen LogP contribution is -2.66. The van der Waals surface area contributed by atoms with Gasteiger partial charge >= 0.3 is 0 Å². The summed E-state index contributed by atoms with van der Waals surface area (Å²) in [4.78, 5) is 0. The van der Waals surface area contributed by atoms with E-state index in [1.165, 1.54) is 8.61 Å². The number of rotatable bonds is 3. The number of hydrogen-bond acceptors (Lipinski definition) is 4. The summed E-state index contributed by atoms with van der Waals surface area (Å²) in [7, 11) is -3.38. The number of aliphatic hydroxyl groups is 1. The first-order valence-corrected chi connectivity index (χ1v) is 6.93. The molecule has 0 radical (unpaired) electrons. The van der Waals surface area contributed by atoms with E-state index in [0.29, 0.717) is 32.7 Å². The molecule has 0 amide bonds. The molecule has 16 heavy (non-hydrogen) atoms. The largest absolute Gasteiger partial charge is 0.387 e. The zero-order valence-electron chi connectivity index (χ0n) is 9.42. The van der Waals surface area contributed by atoms with E-state index in [9.17, 15) is 13.5 Å². The van der Waals surface area contributed by atoms with Gasteiger partial charge in [-0.3, -0.25) is 0 Å². The molecule has 6 nitrogen and oxygen atoms in total. The standard InChI is InChI=1S/C9H18N2O4S/c1-2-9(12)7-11(8-9)16(13,14)10-3-5-15-6-4-10/h12H,2-8H2,1H3. The second-order valence-corrected chi connectivity index (χ2v) is 6.29. The third-order valence-corrected chi connectivity index (χ3v) is 5.15. The summed E-state index contributed by atoms with van der Waals surface area (Å²) in [6, 6.07) is 0. The van der Waals surface area contributed by atoms with Gasteiger partial charge in [0, 0.05) is 26.2 Å². The molecule has 2 aliphatic heterocycles. The molecule has 0 aromatic rings. The van der Waals surface area contributed by atoms with Gasteiger partial charge in [0.1, 0.15) is 0 Å². The quantitative estimate of drug-likeness (QED) is 0.699. The second-order valence-electron chi connectivity index (χ2n) is 4.37. The molecule has 2 fully saturated rings. The predicted octanol–water partition coefficient (Wildman–Crippen LogP) is -0.980. The molecule has 0 unspecified atom stereocenters. The summed E-state index contributed by atoms with van der Waals surface area (Å²) in [5.74, 6) is 0. The second kappa shape index (κ2) is 4.23. The third-order valence-electron chi connectivity index (χ3n) is 3.22. The van der Waals surface area contributed by atoms with E-state index in [4.69, 9.17) is 4.74 Å². The predicted molar refractivity (Wildman–Crippen MR) is 58.1 cm³/mol. The van der Waals surface area contributed by atoms with Crippen molar-refractivity contribution in [2.45, 2.75) is 18.9 Å². The molecular formula is C9H18N2O4S. The molecule has 0 saturated carbocycles. The average Bonchev–Trinajstić information content (AvgIpc) is 2.26. The number of nitrogens with zero attached hydrogens (tertiary/aromatic N) is 2. The van der Waals surface area contributed by atoms with Crippen molar-refractivity contribution in [3.05, 3.63) is 0 Å². The fraction of sp³-hybridized carbons (Fsp3) is 1.00. The Balaban J connectivity index is 1.99. The summed E-state index contributed by atoms with van der Waals surface area (Å²) < 4.78 is 32.0. The first-order chi connectivity index (χ1) is 7.48. The van der Waals surface area contributed by atoms with Crippen molar-refractivity contribution in [3.63, 3.8) is 0 Å². The van der Waals surface area contributed by atoms with E-state index in [-0.39, 0.29) is 13.1 Å². The Kier molecular flexibility index (Phi) is 3.24. The van der Waals surface area contributed by atoms with E-state index in [1.807, 2.05) is 6.92 Å². The van der Waals surface area contributed by atoms with Crippen LogP contribution in [0.3, 0.4) is 0 Å². The van der Waals surface area contributed by atoms with Gasteiger partial charge in [0.15, 0.2) is 0 Å². The molecule has 2 aliphatic rings. The molecule has 2 heterocycles. The molecular weight excluding hydrogens is 232 g/mol. The lowest BCUT2D eigenvalue weighted by Gasteiger charge is -2.46. The molecule has 7 heteroatoms. The Morgan fingerprint density at radius 3 is 2.31 bits per heavy atom. The Hall–Kier alpha value is -0.210. The highest BCUT2D eigenvalue weighted by molar-refractivity contribution is 7.86. The molecule has 0 aliphatic carbocycles. The molecule has 0 spiro atoms.